The minimum atomic E-state index is -0.348. The van der Waals surface area contributed by atoms with Gasteiger partial charge in [0.25, 0.3) is 5.91 Å². The first kappa shape index (κ1) is 22.9. The van der Waals surface area contributed by atoms with Crippen LogP contribution in [0, 0.1) is 11.7 Å². The lowest BCUT2D eigenvalue weighted by molar-refractivity contribution is -0.120. The number of carbonyl (C=O) groups is 1. The van der Waals surface area contributed by atoms with E-state index >= 15 is 0 Å². The number of methoxy groups -OCH3 is 2. The molecule has 2 aromatic rings. The number of benzene rings is 2. The number of carbonyl (C=O) groups excluding carboxylic acids is 1. The van der Waals surface area contributed by atoms with Gasteiger partial charge in [0.05, 0.1) is 19.9 Å². The number of aliphatic imine (C=N–C) groups is 2. The van der Waals surface area contributed by atoms with E-state index in [1.807, 2.05) is 17.0 Å². The van der Waals surface area contributed by atoms with Crippen LogP contribution in [-0.2, 0) is 10.5 Å². The van der Waals surface area contributed by atoms with E-state index in [0.717, 1.165) is 35.6 Å². The van der Waals surface area contributed by atoms with Crippen LogP contribution in [-0.4, -0.2) is 42.1 Å². The summed E-state index contributed by atoms with van der Waals surface area (Å²) >= 11 is 1.54. The summed E-state index contributed by atoms with van der Waals surface area (Å²) in [6, 6.07) is 9.80. The van der Waals surface area contributed by atoms with Crippen LogP contribution in [0.1, 0.15) is 49.7 Å². The average Bonchev–Trinajstić information content (AvgIpc) is 3.19. The summed E-state index contributed by atoms with van der Waals surface area (Å²) in [6.45, 7) is 0. The quantitative estimate of drug-likeness (QED) is 0.529. The molecule has 5 rings (SSSR count). The number of rotatable bonds is 6. The Balaban J connectivity index is 1.50. The van der Waals surface area contributed by atoms with E-state index in [0.29, 0.717) is 34.7 Å². The van der Waals surface area contributed by atoms with Crippen LogP contribution in [0.2, 0.25) is 0 Å². The van der Waals surface area contributed by atoms with Crippen molar-refractivity contribution < 1.29 is 18.7 Å². The molecule has 1 atom stereocenters. The van der Waals surface area contributed by atoms with Gasteiger partial charge in [0.1, 0.15) is 17.7 Å². The summed E-state index contributed by atoms with van der Waals surface area (Å²) in [5.74, 6) is 2.53. The van der Waals surface area contributed by atoms with Gasteiger partial charge in [-0.15, -0.1) is 0 Å². The fourth-order valence-electron chi connectivity index (χ4n) is 4.98. The molecule has 0 saturated heterocycles. The number of ether oxygens (including phenoxy) is 2. The Labute approximate surface area is 203 Å². The third-order valence-electron chi connectivity index (χ3n) is 6.77. The summed E-state index contributed by atoms with van der Waals surface area (Å²) in [5.41, 5.74) is 2.45. The van der Waals surface area contributed by atoms with E-state index in [1.54, 1.807) is 26.4 Å². The summed E-state index contributed by atoms with van der Waals surface area (Å²) in [4.78, 5) is 24.6. The summed E-state index contributed by atoms with van der Waals surface area (Å²) in [7, 11) is 3.18. The molecule has 0 aromatic heterocycles. The Kier molecular flexibility index (Phi) is 6.59. The molecule has 1 aliphatic carbocycles. The predicted molar refractivity (Wildman–Crippen MR) is 133 cm³/mol. The second-order valence-corrected chi connectivity index (χ2v) is 9.88. The number of amides is 1. The van der Waals surface area contributed by atoms with Crippen molar-refractivity contribution in [2.24, 2.45) is 15.9 Å². The van der Waals surface area contributed by atoms with Crippen LogP contribution in [0.5, 0.6) is 11.5 Å². The van der Waals surface area contributed by atoms with Gasteiger partial charge in [-0.05, 0) is 36.1 Å². The third-order valence-corrected chi connectivity index (χ3v) is 7.79. The largest absolute Gasteiger partial charge is 0.493 e. The zero-order valence-electron chi connectivity index (χ0n) is 19.4. The molecule has 0 N–H and O–H groups in total. The summed E-state index contributed by atoms with van der Waals surface area (Å²) in [6.07, 6.45) is 6.81. The lowest BCUT2D eigenvalue weighted by Gasteiger charge is -2.33. The van der Waals surface area contributed by atoms with Gasteiger partial charge in [-0.2, -0.15) is 4.99 Å². The first-order chi connectivity index (χ1) is 16.6. The maximum atomic E-state index is 13.4. The van der Waals surface area contributed by atoms with Gasteiger partial charge < -0.3 is 9.47 Å². The maximum absolute atomic E-state index is 13.4. The van der Waals surface area contributed by atoms with E-state index in [1.165, 1.54) is 43.2 Å². The molecule has 1 fully saturated rings. The average molecular weight is 482 g/mol. The van der Waals surface area contributed by atoms with E-state index in [4.69, 9.17) is 14.5 Å². The number of fused-ring (bicyclic) bond motifs is 3. The number of nitrogens with zero attached hydrogens (tertiary/aromatic N) is 3. The summed E-state index contributed by atoms with van der Waals surface area (Å²) in [5, 5.41) is 0.731. The Bertz CT molecular complexity index is 1140. The second kappa shape index (κ2) is 9.78. The molecule has 0 spiro atoms. The monoisotopic (exact) mass is 481 g/mol. The van der Waals surface area contributed by atoms with Crippen molar-refractivity contribution in [2.75, 3.05) is 14.2 Å². The zero-order valence-corrected chi connectivity index (χ0v) is 20.2. The minimum absolute atomic E-state index is 0.113. The molecule has 0 bridgehead atoms. The van der Waals surface area contributed by atoms with Crippen molar-refractivity contribution in [2.45, 2.75) is 50.3 Å². The fourth-order valence-corrected chi connectivity index (χ4v) is 5.98. The molecule has 2 aromatic carbocycles. The number of halogens is 1. The van der Waals surface area contributed by atoms with Crippen molar-refractivity contribution in [1.82, 2.24) is 4.90 Å². The van der Waals surface area contributed by atoms with Crippen LogP contribution in [0.25, 0.3) is 0 Å². The Morgan fingerprint density at radius 3 is 2.44 bits per heavy atom. The van der Waals surface area contributed by atoms with E-state index in [2.05, 4.69) is 4.99 Å². The molecule has 34 heavy (non-hydrogen) atoms. The topological polar surface area (TPSA) is 63.5 Å². The molecule has 6 nitrogen and oxygen atoms in total. The van der Waals surface area contributed by atoms with Crippen molar-refractivity contribution in [3.05, 3.63) is 53.3 Å². The number of hydrogen-bond donors (Lipinski definition) is 0. The van der Waals surface area contributed by atoms with E-state index in [9.17, 15) is 9.18 Å². The maximum Gasteiger partial charge on any atom is 0.270 e. The predicted octanol–water partition coefficient (Wildman–Crippen LogP) is 5.71. The lowest BCUT2D eigenvalue weighted by atomic mass is 9.84. The van der Waals surface area contributed by atoms with Gasteiger partial charge >= 0.3 is 0 Å². The highest BCUT2D eigenvalue weighted by molar-refractivity contribution is 8.13. The van der Waals surface area contributed by atoms with Crippen molar-refractivity contribution in [1.29, 1.82) is 0 Å². The van der Waals surface area contributed by atoms with Crippen molar-refractivity contribution in [3.8, 4) is 11.5 Å². The molecule has 178 valence electrons. The molecular weight excluding hydrogens is 453 g/mol. The highest BCUT2D eigenvalue weighted by Gasteiger charge is 2.43. The second-order valence-electron chi connectivity index (χ2n) is 8.93. The van der Waals surface area contributed by atoms with Crippen molar-refractivity contribution >= 4 is 34.4 Å². The normalized spacial score (nSPS) is 19.9. The summed E-state index contributed by atoms with van der Waals surface area (Å²) < 4.78 is 24.3. The third kappa shape index (κ3) is 4.43. The highest BCUT2D eigenvalue weighted by atomic mass is 32.2. The number of hydrogen-bond acceptors (Lipinski definition) is 6. The molecule has 8 heteroatoms. The van der Waals surface area contributed by atoms with Gasteiger partial charge in [0.15, 0.2) is 16.7 Å². The van der Waals surface area contributed by atoms with Crippen LogP contribution in [0.4, 0.5) is 10.1 Å². The Morgan fingerprint density at radius 2 is 1.74 bits per heavy atom. The van der Waals surface area contributed by atoms with Gasteiger partial charge in [-0.3, -0.25) is 9.69 Å². The Hall–Kier alpha value is -2.87. The molecule has 0 unspecified atom stereocenters. The SMILES string of the molecule is COc1cc2c(cc1OC)C1=NC(=O)[C@H](CC3CCCCC3)N1C(SCc1ccc(F)cc1)=N2. The van der Waals surface area contributed by atoms with Crippen LogP contribution in [0.3, 0.4) is 0 Å². The Morgan fingerprint density at radius 1 is 1.03 bits per heavy atom. The van der Waals surface area contributed by atoms with E-state index in [-0.39, 0.29) is 17.8 Å². The highest BCUT2D eigenvalue weighted by Crippen LogP contribution is 2.42. The molecule has 2 heterocycles. The smallest absolute Gasteiger partial charge is 0.270 e. The molecule has 2 aliphatic heterocycles. The van der Waals surface area contributed by atoms with Gasteiger partial charge in [-0.25, -0.2) is 9.38 Å². The van der Waals surface area contributed by atoms with E-state index < -0.39 is 0 Å². The molecule has 1 amide bonds. The molecule has 0 radical (unpaired) electrons. The number of amidine groups is 2. The minimum Gasteiger partial charge on any atom is -0.493 e. The van der Waals surface area contributed by atoms with Crippen LogP contribution >= 0.6 is 11.8 Å². The van der Waals surface area contributed by atoms with Gasteiger partial charge in [-0.1, -0.05) is 56.0 Å². The van der Waals surface area contributed by atoms with Gasteiger partial charge in [0.2, 0.25) is 0 Å². The number of thioether (sulfide) groups is 1. The van der Waals surface area contributed by atoms with Crippen LogP contribution in [0.15, 0.2) is 46.4 Å². The fraction of sp³-hybridized carbons (Fsp3) is 0.423. The molecule has 3 aliphatic rings. The van der Waals surface area contributed by atoms with Crippen molar-refractivity contribution in [3.63, 3.8) is 0 Å². The molecular formula is C26H28FN3O3S. The zero-order chi connectivity index (χ0) is 23.7. The first-order valence-corrected chi connectivity index (χ1v) is 12.7. The standard InChI is InChI=1S/C26H28FN3O3S/c1-32-22-13-19-20(14-23(22)33-2)28-26(34-15-17-8-10-18(27)11-9-17)30-21(25(31)29-24(19)30)12-16-6-4-3-5-7-16/h8-11,13-14,16,21H,3-7,12,15H2,1-2H3/t21-/m0/s1. The molecule has 1 saturated carbocycles. The van der Waals surface area contributed by atoms with Gasteiger partial charge in [0, 0.05) is 17.4 Å². The first-order valence-electron chi connectivity index (χ1n) is 11.7. The van der Waals surface area contributed by atoms with Crippen LogP contribution < -0.4 is 9.47 Å². The lowest BCUT2D eigenvalue weighted by Crippen LogP contribution is -2.44.